The number of fused-ring (bicyclic) bond motifs is 1. The van der Waals surface area contributed by atoms with Crippen molar-refractivity contribution in [2.24, 2.45) is 4.99 Å². The molecule has 0 radical (unpaired) electrons. The van der Waals surface area contributed by atoms with E-state index in [9.17, 15) is 9.59 Å². The molecule has 0 spiro atoms. The first kappa shape index (κ1) is 32.2. The highest BCUT2D eigenvalue weighted by Crippen LogP contribution is 2.32. The predicted octanol–water partition coefficient (Wildman–Crippen LogP) is 5.70. The zero-order valence-electron chi connectivity index (χ0n) is 26.9. The van der Waals surface area contributed by atoms with E-state index in [1.54, 1.807) is 41.5 Å². The summed E-state index contributed by atoms with van der Waals surface area (Å²) >= 11 is 1.26. The van der Waals surface area contributed by atoms with Crippen LogP contribution in [0.5, 0.6) is 11.5 Å². The highest BCUT2D eigenvalue weighted by Gasteiger charge is 2.33. The van der Waals surface area contributed by atoms with Crippen LogP contribution in [0.15, 0.2) is 125 Å². The molecule has 0 saturated carbocycles. The maximum Gasteiger partial charge on any atom is 0.338 e. The van der Waals surface area contributed by atoms with Crippen molar-refractivity contribution in [3.63, 3.8) is 0 Å². The lowest BCUT2D eigenvalue weighted by atomic mass is 9.96. The number of carbonyl (C=O) groups is 1. The van der Waals surface area contributed by atoms with Crippen molar-refractivity contribution < 1.29 is 19.0 Å². The molecule has 48 heavy (non-hydrogen) atoms. The minimum absolute atomic E-state index is 0.0321. The summed E-state index contributed by atoms with van der Waals surface area (Å²) in [6, 6.07) is 22.2. The minimum atomic E-state index is -0.760. The fraction of sp³-hybridized carbons (Fsp3) is 0.158. The number of nitrogens with zero attached hydrogens (tertiary/aromatic N) is 4. The molecule has 0 N–H and O–H groups in total. The van der Waals surface area contributed by atoms with E-state index in [4.69, 9.17) is 24.3 Å². The Labute approximate surface area is 281 Å². The van der Waals surface area contributed by atoms with Gasteiger partial charge in [-0.05, 0) is 73.5 Å². The van der Waals surface area contributed by atoms with Crippen LogP contribution in [0.1, 0.15) is 29.7 Å². The number of allylic oxidation sites excluding steroid dienone is 1. The lowest BCUT2D eigenvalue weighted by Crippen LogP contribution is -2.39. The number of hydrogen-bond acceptors (Lipinski definition) is 8. The van der Waals surface area contributed by atoms with Gasteiger partial charge in [-0.1, -0.05) is 67.0 Å². The molecule has 10 heteroatoms. The molecular weight excluding hydrogens is 625 g/mol. The lowest BCUT2D eigenvalue weighted by molar-refractivity contribution is -0.138. The highest BCUT2D eigenvalue weighted by molar-refractivity contribution is 7.07. The fourth-order valence-electron chi connectivity index (χ4n) is 5.58. The summed E-state index contributed by atoms with van der Waals surface area (Å²) in [4.78, 5) is 32.9. The number of carbonyl (C=O) groups excluding carboxylic acids is 1. The Morgan fingerprint density at radius 2 is 1.75 bits per heavy atom. The van der Waals surface area contributed by atoms with Crippen LogP contribution < -0.4 is 24.4 Å². The summed E-state index contributed by atoms with van der Waals surface area (Å²) in [5.41, 5.74) is 5.31. The molecule has 0 unspecified atom stereocenters. The van der Waals surface area contributed by atoms with E-state index >= 15 is 0 Å². The molecule has 3 heterocycles. The summed E-state index contributed by atoms with van der Waals surface area (Å²) < 4.78 is 20.4. The molecule has 5 aromatic rings. The predicted molar refractivity (Wildman–Crippen MR) is 187 cm³/mol. The van der Waals surface area contributed by atoms with Crippen LogP contribution >= 0.6 is 11.3 Å². The molecular formula is C38H34N4O5S. The Morgan fingerprint density at radius 1 is 1.00 bits per heavy atom. The number of aromatic nitrogens is 3. The van der Waals surface area contributed by atoms with E-state index in [-0.39, 0.29) is 17.7 Å². The highest BCUT2D eigenvalue weighted by atomic mass is 32.1. The summed E-state index contributed by atoms with van der Waals surface area (Å²) in [6.07, 6.45) is 6.95. The molecule has 0 saturated heterocycles. The van der Waals surface area contributed by atoms with Gasteiger partial charge in [0.25, 0.3) is 5.56 Å². The van der Waals surface area contributed by atoms with Gasteiger partial charge in [0, 0.05) is 17.3 Å². The second kappa shape index (κ2) is 13.9. The fourth-order valence-corrected chi connectivity index (χ4v) is 6.61. The first-order valence-corrected chi connectivity index (χ1v) is 16.1. The third-order valence-electron chi connectivity index (χ3n) is 7.86. The molecule has 0 amide bonds. The van der Waals surface area contributed by atoms with Crippen molar-refractivity contribution in [2.45, 2.75) is 19.9 Å². The number of para-hydroxylation sites is 1. The van der Waals surface area contributed by atoms with E-state index in [0.29, 0.717) is 33.1 Å². The van der Waals surface area contributed by atoms with Crippen LogP contribution in [0.4, 0.5) is 0 Å². The first-order chi connectivity index (χ1) is 23.3. The van der Waals surface area contributed by atoms with Crippen LogP contribution in [0.25, 0.3) is 23.0 Å². The topological polar surface area (TPSA) is 96.9 Å². The monoisotopic (exact) mass is 658 g/mol. The summed E-state index contributed by atoms with van der Waals surface area (Å²) in [7, 11) is 1.58. The third-order valence-corrected chi connectivity index (χ3v) is 8.84. The van der Waals surface area contributed by atoms with Crippen molar-refractivity contribution in [1.82, 2.24) is 14.3 Å². The van der Waals surface area contributed by atoms with Crippen LogP contribution in [-0.2, 0) is 9.53 Å². The van der Waals surface area contributed by atoms with Gasteiger partial charge >= 0.3 is 5.97 Å². The van der Waals surface area contributed by atoms with Crippen molar-refractivity contribution >= 4 is 23.4 Å². The number of aryl methyl sites for hydroxylation is 1. The second-order valence-electron chi connectivity index (χ2n) is 11.0. The first-order valence-electron chi connectivity index (χ1n) is 15.3. The van der Waals surface area contributed by atoms with Gasteiger partial charge in [0.05, 0.1) is 34.6 Å². The number of hydrogen-bond donors (Lipinski definition) is 0. The second-order valence-corrected chi connectivity index (χ2v) is 12.0. The van der Waals surface area contributed by atoms with Crippen molar-refractivity contribution in [1.29, 1.82) is 0 Å². The van der Waals surface area contributed by atoms with E-state index in [1.165, 1.54) is 17.4 Å². The molecule has 1 aliphatic rings. The summed E-state index contributed by atoms with van der Waals surface area (Å²) in [6.45, 7) is 11.6. The Balaban J connectivity index is 1.53. The standard InChI is InChI=1S/C38H34N4O5S/c1-6-19-46-31-18-15-27(21-24(31)3)34-28(23-41(40-34)29-11-9-8-10-12-29)22-32-36(43)42-35(26-13-16-30(45-5)17-14-26)33(37(44)47-20-7-2)25(4)39-38(42)48-32/h6-18,21-23,35H,1-2,19-20H2,3-5H3/b32-22-/t35-/m1/s1. The Hall–Kier alpha value is -5.74. The van der Waals surface area contributed by atoms with E-state index in [0.717, 1.165) is 33.7 Å². The molecule has 6 rings (SSSR count). The molecule has 0 fully saturated rings. The Bertz CT molecular complexity index is 2230. The number of rotatable bonds is 11. The number of ether oxygens (including phenoxy) is 3. The van der Waals surface area contributed by atoms with Gasteiger partial charge in [-0.2, -0.15) is 5.10 Å². The average molecular weight is 659 g/mol. The number of thiazole rings is 1. The quantitative estimate of drug-likeness (QED) is 0.134. The zero-order valence-corrected chi connectivity index (χ0v) is 27.7. The molecule has 1 atom stereocenters. The van der Waals surface area contributed by atoms with Crippen molar-refractivity contribution in [2.75, 3.05) is 20.3 Å². The number of benzene rings is 3. The smallest absolute Gasteiger partial charge is 0.338 e. The van der Waals surface area contributed by atoms with Crippen molar-refractivity contribution in [3.8, 4) is 28.4 Å². The molecule has 9 nitrogen and oxygen atoms in total. The molecule has 2 aromatic heterocycles. The maximum absolute atomic E-state index is 14.4. The van der Waals surface area contributed by atoms with Gasteiger partial charge in [-0.25, -0.2) is 14.5 Å². The number of esters is 1. The van der Waals surface area contributed by atoms with Crippen molar-refractivity contribution in [3.05, 3.63) is 152 Å². The SMILES string of the molecule is C=CCOC(=O)C1=C(C)N=c2s/c(=C\c3cn(-c4ccccc4)nc3-c3ccc(OCC=C)c(C)c3)c(=O)n2[C@@H]1c1ccc(OC)cc1. The summed E-state index contributed by atoms with van der Waals surface area (Å²) in [5.74, 6) is 0.849. The van der Waals surface area contributed by atoms with E-state index in [1.807, 2.05) is 79.9 Å². The van der Waals surface area contributed by atoms with Gasteiger partial charge in [0.15, 0.2) is 4.80 Å². The van der Waals surface area contributed by atoms with E-state index < -0.39 is 12.0 Å². The van der Waals surface area contributed by atoms with Gasteiger partial charge in [-0.15, -0.1) is 0 Å². The Kier molecular flexibility index (Phi) is 9.36. The minimum Gasteiger partial charge on any atom is -0.497 e. The molecule has 3 aromatic carbocycles. The normalized spacial score (nSPS) is 14.2. The van der Waals surface area contributed by atoms with Gasteiger partial charge in [-0.3, -0.25) is 9.36 Å². The summed E-state index contributed by atoms with van der Waals surface area (Å²) in [5, 5.41) is 4.96. The van der Waals surface area contributed by atoms with Crippen LogP contribution in [0.2, 0.25) is 0 Å². The number of methoxy groups -OCH3 is 1. The maximum atomic E-state index is 14.4. The average Bonchev–Trinajstić information content (AvgIpc) is 3.66. The zero-order chi connectivity index (χ0) is 33.8. The van der Waals surface area contributed by atoms with Gasteiger partial charge in [0.1, 0.15) is 30.4 Å². The van der Waals surface area contributed by atoms with Gasteiger partial charge < -0.3 is 14.2 Å². The van der Waals surface area contributed by atoms with Crippen LogP contribution in [0.3, 0.4) is 0 Å². The molecule has 0 bridgehead atoms. The molecule has 1 aliphatic heterocycles. The van der Waals surface area contributed by atoms with E-state index in [2.05, 4.69) is 13.2 Å². The van der Waals surface area contributed by atoms with Gasteiger partial charge in [0.2, 0.25) is 0 Å². The lowest BCUT2D eigenvalue weighted by Gasteiger charge is -2.24. The molecule has 242 valence electrons. The largest absolute Gasteiger partial charge is 0.497 e. The molecule has 0 aliphatic carbocycles. The van der Waals surface area contributed by atoms with Crippen LogP contribution in [0, 0.1) is 6.92 Å². The van der Waals surface area contributed by atoms with Crippen LogP contribution in [-0.4, -0.2) is 40.6 Å². The Morgan fingerprint density at radius 3 is 2.44 bits per heavy atom. The third kappa shape index (κ3) is 6.30.